The highest BCUT2D eigenvalue weighted by Crippen LogP contribution is 2.14. The van der Waals surface area contributed by atoms with Crippen molar-refractivity contribution in [2.45, 2.75) is 26.7 Å². The molecule has 2 aromatic heterocycles. The number of nitrogens with one attached hydrogen (secondary N) is 2. The Labute approximate surface area is 122 Å². The van der Waals surface area contributed by atoms with Gasteiger partial charge in [0.2, 0.25) is 5.95 Å². The molecule has 8 nitrogen and oxygen atoms in total. The van der Waals surface area contributed by atoms with E-state index in [4.69, 9.17) is 5.84 Å². The molecular formula is C13H17N7O. The van der Waals surface area contributed by atoms with Crippen molar-refractivity contribution in [1.82, 2.24) is 20.2 Å². The summed E-state index contributed by atoms with van der Waals surface area (Å²) in [6, 6.07) is 1.60. The summed E-state index contributed by atoms with van der Waals surface area (Å²) in [6.07, 6.45) is 4.43. The van der Waals surface area contributed by atoms with Crippen molar-refractivity contribution in [1.29, 1.82) is 0 Å². The van der Waals surface area contributed by atoms with Gasteiger partial charge in [-0.1, -0.05) is 13.8 Å². The molecule has 0 fully saturated rings. The maximum Gasteiger partial charge on any atom is 0.261 e. The molecule has 0 aromatic carbocycles. The molecule has 0 spiro atoms. The van der Waals surface area contributed by atoms with Gasteiger partial charge in [-0.05, 0) is 18.9 Å². The van der Waals surface area contributed by atoms with Crippen molar-refractivity contribution in [2.24, 2.45) is 5.84 Å². The maximum atomic E-state index is 12.2. The zero-order valence-electron chi connectivity index (χ0n) is 11.9. The monoisotopic (exact) mass is 287 g/mol. The van der Waals surface area contributed by atoms with Crippen LogP contribution in [0.3, 0.4) is 0 Å². The summed E-state index contributed by atoms with van der Waals surface area (Å²) in [5, 5.41) is 10.6. The van der Waals surface area contributed by atoms with Crippen LogP contribution in [0, 0.1) is 0 Å². The molecule has 2 rings (SSSR count). The number of hydrogen-bond acceptors (Lipinski definition) is 7. The number of pyridine rings is 1. The SMILES string of the molecule is CCc1nnc(NC(=O)c2cnccc2NN)nc1CC. The highest BCUT2D eigenvalue weighted by Gasteiger charge is 2.14. The first kappa shape index (κ1) is 14.8. The number of hydrazine groups is 1. The van der Waals surface area contributed by atoms with Gasteiger partial charge in [-0.25, -0.2) is 4.98 Å². The molecule has 1 amide bonds. The lowest BCUT2D eigenvalue weighted by Gasteiger charge is -2.09. The van der Waals surface area contributed by atoms with Crippen molar-refractivity contribution < 1.29 is 4.79 Å². The molecule has 0 aliphatic carbocycles. The molecule has 0 unspecified atom stereocenters. The van der Waals surface area contributed by atoms with E-state index in [9.17, 15) is 4.79 Å². The Morgan fingerprint density at radius 3 is 2.67 bits per heavy atom. The van der Waals surface area contributed by atoms with Gasteiger partial charge in [0, 0.05) is 12.4 Å². The van der Waals surface area contributed by atoms with Crippen LogP contribution in [-0.2, 0) is 12.8 Å². The predicted molar refractivity (Wildman–Crippen MR) is 78.6 cm³/mol. The average molecular weight is 287 g/mol. The second-order valence-electron chi connectivity index (χ2n) is 4.26. The van der Waals surface area contributed by atoms with Gasteiger partial charge in [0.05, 0.1) is 22.6 Å². The lowest BCUT2D eigenvalue weighted by atomic mass is 10.2. The van der Waals surface area contributed by atoms with Crippen LogP contribution in [0.5, 0.6) is 0 Å². The molecule has 2 heterocycles. The Kier molecular flexibility index (Phi) is 4.72. The first-order chi connectivity index (χ1) is 10.2. The zero-order chi connectivity index (χ0) is 15.2. The molecule has 21 heavy (non-hydrogen) atoms. The van der Waals surface area contributed by atoms with Crippen molar-refractivity contribution in [2.75, 3.05) is 10.7 Å². The van der Waals surface area contributed by atoms with E-state index in [0.29, 0.717) is 11.3 Å². The number of hydrogen-bond donors (Lipinski definition) is 3. The van der Waals surface area contributed by atoms with Gasteiger partial charge in [-0.2, -0.15) is 0 Å². The third-order valence-electron chi connectivity index (χ3n) is 2.96. The number of carbonyl (C=O) groups excluding carboxylic acids is 1. The molecule has 0 aliphatic rings. The van der Waals surface area contributed by atoms with Gasteiger partial charge in [0.1, 0.15) is 0 Å². The number of nitrogens with two attached hydrogens (primary N) is 1. The molecule has 0 aliphatic heterocycles. The van der Waals surface area contributed by atoms with Gasteiger partial charge in [-0.3, -0.25) is 20.9 Å². The number of rotatable bonds is 5. The van der Waals surface area contributed by atoms with Crippen molar-refractivity contribution >= 4 is 17.5 Å². The summed E-state index contributed by atoms with van der Waals surface area (Å²) in [7, 11) is 0. The van der Waals surface area contributed by atoms with E-state index >= 15 is 0 Å². The quantitative estimate of drug-likeness (QED) is 0.552. The fourth-order valence-electron chi connectivity index (χ4n) is 1.86. The van der Waals surface area contributed by atoms with Gasteiger partial charge in [0.25, 0.3) is 5.91 Å². The molecule has 0 bridgehead atoms. The van der Waals surface area contributed by atoms with Crippen LogP contribution in [0.2, 0.25) is 0 Å². The number of amides is 1. The van der Waals surface area contributed by atoms with Crippen LogP contribution >= 0.6 is 0 Å². The molecule has 4 N–H and O–H groups in total. The summed E-state index contributed by atoms with van der Waals surface area (Å²) in [6.45, 7) is 3.96. The fourth-order valence-corrected chi connectivity index (χ4v) is 1.86. The lowest BCUT2D eigenvalue weighted by Crippen LogP contribution is -2.19. The van der Waals surface area contributed by atoms with Crippen LogP contribution in [0.4, 0.5) is 11.6 Å². The highest BCUT2D eigenvalue weighted by atomic mass is 16.1. The summed E-state index contributed by atoms with van der Waals surface area (Å²) in [4.78, 5) is 20.4. The second-order valence-corrected chi connectivity index (χ2v) is 4.26. The molecule has 0 atom stereocenters. The average Bonchev–Trinajstić information content (AvgIpc) is 2.54. The summed E-state index contributed by atoms with van der Waals surface area (Å²) in [5.74, 6) is 5.13. The Balaban J connectivity index is 2.23. The smallest absolute Gasteiger partial charge is 0.261 e. The molecular weight excluding hydrogens is 270 g/mol. The van der Waals surface area contributed by atoms with Gasteiger partial charge in [0.15, 0.2) is 0 Å². The predicted octanol–water partition coefficient (Wildman–Crippen LogP) is 0.929. The molecule has 0 saturated carbocycles. The fraction of sp³-hybridized carbons (Fsp3) is 0.308. The molecule has 2 aromatic rings. The Hall–Kier alpha value is -2.61. The standard InChI is InChI=1S/C13H17N7O/c1-3-9-10(4-2)19-20-13(16-9)17-12(21)8-7-15-6-5-11(8)18-14/h5-7H,3-4,14H2,1-2H3,(H,15,18)(H,16,17,20,21). The third-order valence-corrected chi connectivity index (χ3v) is 2.96. The molecule has 8 heteroatoms. The van der Waals surface area contributed by atoms with Crippen molar-refractivity contribution in [3.8, 4) is 0 Å². The van der Waals surface area contributed by atoms with Crippen LogP contribution < -0.4 is 16.6 Å². The van der Waals surface area contributed by atoms with Crippen LogP contribution in [-0.4, -0.2) is 26.1 Å². The number of aryl methyl sites for hydroxylation is 2. The van der Waals surface area contributed by atoms with E-state index < -0.39 is 5.91 Å². The van der Waals surface area contributed by atoms with Crippen molar-refractivity contribution in [3.05, 3.63) is 35.4 Å². The van der Waals surface area contributed by atoms with Crippen molar-refractivity contribution in [3.63, 3.8) is 0 Å². The lowest BCUT2D eigenvalue weighted by molar-refractivity contribution is 0.102. The number of nitrogen functional groups attached to an aromatic ring is 1. The van der Waals surface area contributed by atoms with Crippen LogP contribution in [0.1, 0.15) is 35.6 Å². The number of aromatic nitrogens is 4. The number of carbonyl (C=O) groups is 1. The molecule has 110 valence electrons. The third kappa shape index (κ3) is 3.29. The van der Waals surface area contributed by atoms with E-state index in [2.05, 4.69) is 30.9 Å². The topological polar surface area (TPSA) is 119 Å². The molecule has 0 saturated heterocycles. The van der Waals surface area contributed by atoms with Gasteiger partial charge < -0.3 is 5.43 Å². The number of anilines is 2. The maximum absolute atomic E-state index is 12.2. The van der Waals surface area contributed by atoms with E-state index in [0.717, 1.165) is 24.2 Å². The van der Waals surface area contributed by atoms with Gasteiger partial charge >= 0.3 is 0 Å². The second kappa shape index (κ2) is 6.71. The zero-order valence-corrected chi connectivity index (χ0v) is 11.9. The summed E-state index contributed by atoms with van der Waals surface area (Å²) >= 11 is 0. The van der Waals surface area contributed by atoms with Crippen LogP contribution in [0.15, 0.2) is 18.5 Å². The number of nitrogens with zero attached hydrogens (tertiary/aromatic N) is 4. The summed E-state index contributed by atoms with van der Waals surface area (Å²) < 4.78 is 0. The minimum absolute atomic E-state index is 0.167. The Bertz CT molecular complexity index is 644. The first-order valence-electron chi connectivity index (χ1n) is 6.64. The van der Waals surface area contributed by atoms with E-state index in [1.807, 2.05) is 13.8 Å². The van der Waals surface area contributed by atoms with Crippen LogP contribution in [0.25, 0.3) is 0 Å². The first-order valence-corrected chi connectivity index (χ1v) is 6.64. The summed E-state index contributed by atoms with van der Waals surface area (Å²) in [5.41, 5.74) is 4.88. The minimum atomic E-state index is -0.399. The van der Waals surface area contributed by atoms with E-state index in [-0.39, 0.29) is 5.95 Å². The Morgan fingerprint density at radius 1 is 1.24 bits per heavy atom. The largest absolute Gasteiger partial charge is 0.323 e. The minimum Gasteiger partial charge on any atom is -0.323 e. The normalized spacial score (nSPS) is 10.2. The van der Waals surface area contributed by atoms with Gasteiger partial charge in [-0.15, -0.1) is 10.2 Å². The highest BCUT2D eigenvalue weighted by molar-refractivity contribution is 6.06. The molecule has 0 radical (unpaired) electrons. The van der Waals surface area contributed by atoms with E-state index in [1.54, 1.807) is 6.07 Å². The Morgan fingerprint density at radius 2 is 2.00 bits per heavy atom. The van der Waals surface area contributed by atoms with E-state index in [1.165, 1.54) is 12.4 Å².